The highest BCUT2D eigenvalue weighted by Crippen LogP contribution is 2.53. The van der Waals surface area contributed by atoms with Gasteiger partial charge in [0.2, 0.25) is 5.82 Å². The Hall–Kier alpha value is -2.43. The molecule has 2 atom stereocenters. The van der Waals surface area contributed by atoms with E-state index in [0.717, 1.165) is 36.5 Å². The molecular weight excluding hydrogens is 347 g/mol. The van der Waals surface area contributed by atoms with Gasteiger partial charge in [0.15, 0.2) is 23.3 Å². The second kappa shape index (κ2) is 6.38. The Morgan fingerprint density at radius 1 is 0.654 bits per heavy atom. The second-order valence-corrected chi connectivity index (χ2v) is 6.80. The topological polar surface area (TPSA) is 0 Å². The molecular formula is C21H15F5. The van der Waals surface area contributed by atoms with Gasteiger partial charge in [0.1, 0.15) is 0 Å². The van der Waals surface area contributed by atoms with Crippen molar-refractivity contribution in [3.63, 3.8) is 0 Å². The molecule has 0 spiro atoms. The van der Waals surface area contributed by atoms with Crippen molar-refractivity contribution in [3.05, 3.63) is 81.7 Å². The van der Waals surface area contributed by atoms with Crippen molar-refractivity contribution in [1.29, 1.82) is 0 Å². The lowest BCUT2D eigenvalue weighted by molar-refractivity contribution is 0.376. The van der Waals surface area contributed by atoms with Crippen LogP contribution in [-0.2, 0) is 0 Å². The van der Waals surface area contributed by atoms with E-state index in [1.54, 1.807) is 0 Å². The molecule has 2 fully saturated rings. The Labute approximate surface area is 147 Å². The van der Waals surface area contributed by atoms with Gasteiger partial charge in [0.05, 0.1) is 5.56 Å². The first-order valence-corrected chi connectivity index (χ1v) is 8.47. The van der Waals surface area contributed by atoms with E-state index in [4.69, 9.17) is 0 Å². The summed E-state index contributed by atoms with van der Waals surface area (Å²) in [6.07, 6.45) is 5.77. The van der Waals surface area contributed by atoms with E-state index in [9.17, 15) is 22.0 Å². The van der Waals surface area contributed by atoms with E-state index >= 15 is 0 Å². The molecule has 2 bridgehead atoms. The number of fused-ring (bicyclic) bond motifs is 2. The summed E-state index contributed by atoms with van der Waals surface area (Å²) in [5.74, 6) is -9.17. The van der Waals surface area contributed by atoms with Gasteiger partial charge in [-0.15, -0.1) is 0 Å². The molecule has 4 rings (SSSR count). The summed E-state index contributed by atoms with van der Waals surface area (Å²) in [5.41, 5.74) is 1.69. The van der Waals surface area contributed by atoms with Crippen LogP contribution in [0.5, 0.6) is 0 Å². The molecule has 134 valence electrons. The highest BCUT2D eigenvalue weighted by molar-refractivity contribution is 5.70. The van der Waals surface area contributed by atoms with Crippen LogP contribution in [0, 0.1) is 40.9 Å². The van der Waals surface area contributed by atoms with Gasteiger partial charge in [0.25, 0.3) is 0 Å². The molecule has 2 aromatic carbocycles. The molecule has 0 amide bonds. The second-order valence-electron chi connectivity index (χ2n) is 6.80. The fraction of sp³-hybridized carbons (Fsp3) is 0.238. The summed E-state index contributed by atoms with van der Waals surface area (Å²) in [5, 5.41) is 0. The Balaban J connectivity index is 1.85. The number of benzene rings is 2. The van der Waals surface area contributed by atoms with E-state index in [0.29, 0.717) is 5.57 Å². The van der Waals surface area contributed by atoms with Crippen LogP contribution in [0.4, 0.5) is 22.0 Å². The monoisotopic (exact) mass is 362 g/mol. The third-order valence-electron chi connectivity index (χ3n) is 5.31. The van der Waals surface area contributed by atoms with Gasteiger partial charge in [-0.2, -0.15) is 0 Å². The first-order valence-electron chi connectivity index (χ1n) is 8.47. The average Bonchev–Trinajstić information content (AvgIpc) is 3.25. The summed E-state index contributed by atoms with van der Waals surface area (Å²) >= 11 is 0. The van der Waals surface area contributed by atoms with E-state index in [1.165, 1.54) is 0 Å². The van der Waals surface area contributed by atoms with Crippen LogP contribution in [0.1, 0.15) is 30.4 Å². The van der Waals surface area contributed by atoms with Crippen molar-refractivity contribution in [3.8, 4) is 0 Å². The molecule has 0 aliphatic heterocycles. The molecule has 0 nitrogen and oxygen atoms in total. The molecule has 2 aliphatic rings. The van der Waals surface area contributed by atoms with Gasteiger partial charge >= 0.3 is 0 Å². The zero-order valence-electron chi connectivity index (χ0n) is 13.7. The lowest BCUT2D eigenvalue weighted by Gasteiger charge is -2.18. The molecule has 2 saturated carbocycles. The van der Waals surface area contributed by atoms with Crippen molar-refractivity contribution in [2.45, 2.75) is 19.3 Å². The van der Waals surface area contributed by atoms with E-state index in [1.807, 2.05) is 36.4 Å². The largest absolute Gasteiger partial charge is 0.203 e. The minimum atomic E-state index is -2.13. The minimum absolute atomic E-state index is 0.0879. The summed E-state index contributed by atoms with van der Waals surface area (Å²) in [4.78, 5) is 0. The van der Waals surface area contributed by atoms with Gasteiger partial charge in [-0.1, -0.05) is 36.4 Å². The van der Waals surface area contributed by atoms with E-state index in [2.05, 4.69) is 0 Å². The zero-order chi connectivity index (χ0) is 18.4. The summed E-state index contributed by atoms with van der Waals surface area (Å²) in [6, 6.07) is 9.47. The number of halogens is 5. The minimum Gasteiger partial charge on any atom is -0.203 e. The van der Waals surface area contributed by atoms with Crippen molar-refractivity contribution < 1.29 is 22.0 Å². The van der Waals surface area contributed by atoms with Crippen LogP contribution in [-0.4, -0.2) is 0 Å². The van der Waals surface area contributed by atoms with Crippen molar-refractivity contribution in [2.24, 2.45) is 11.8 Å². The predicted octanol–water partition coefficient (Wildman–Crippen LogP) is 6.28. The van der Waals surface area contributed by atoms with Crippen molar-refractivity contribution in [1.82, 2.24) is 0 Å². The maximum absolute atomic E-state index is 14.1. The standard InChI is InChI=1S/C21H15F5/c22-17-16(18(23)20(25)21(26)19(17)24)10-15-13-7-6-12(9-13)14(15)8-11-4-2-1-3-5-11/h1-5,8,10,12-13H,6-7,9H2/b14-8+,15-10+/t12-,13+/m1/s1. The molecule has 5 heteroatoms. The highest BCUT2D eigenvalue weighted by Gasteiger charge is 2.40. The summed E-state index contributed by atoms with van der Waals surface area (Å²) in [6.45, 7) is 0. The maximum Gasteiger partial charge on any atom is 0.200 e. The van der Waals surface area contributed by atoms with Gasteiger partial charge in [-0.3, -0.25) is 0 Å². The van der Waals surface area contributed by atoms with Gasteiger partial charge in [-0.05, 0) is 53.9 Å². The molecule has 26 heavy (non-hydrogen) atoms. The molecule has 0 radical (unpaired) electrons. The smallest absolute Gasteiger partial charge is 0.200 e. The molecule has 2 aliphatic carbocycles. The van der Waals surface area contributed by atoms with Crippen LogP contribution in [0.2, 0.25) is 0 Å². The number of hydrogen-bond acceptors (Lipinski definition) is 0. The summed E-state index contributed by atoms with van der Waals surface area (Å²) < 4.78 is 68.4. The molecule has 2 aromatic rings. The molecule has 0 aromatic heterocycles. The van der Waals surface area contributed by atoms with Crippen molar-refractivity contribution in [2.75, 3.05) is 0 Å². The van der Waals surface area contributed by atoms with Crippen LogP contribution in [0.25, 0.3) is 12.2 Å². The van der Waals surface area contributed by atoms with Gasteiger partial charge in [-0.25, -0.2) is 22.0 Å². The zero-order valence-corrected chi connectivity index (χ0v) is 13.7. The number of allylic oxidation sites excluding steroid dienone is 2. The van der Waals surface area contributed by atoms with E-state index < -0.39 is 34.6 Å². The van der Waals surface area contributed by atoms with Crippen LogP contribution in [0.3, 0.4) is 0 Å². The molecule has 0 unspecified atom stereocenters. The number of rotatable bonds is 2. The van der Waals surface area contributed by atoms with Gasteiger partial charge in [0, 0.05) is 0 Å². The third kappa shape index (κ3) is 2.66. The fourth-order valence-corrected chi connectivity index (χ4v) is 4.05. The fourth-order valence-electron chi connectivity index (χ4n) is 4.05. The Morgan fingerprint density at radius 2 is 1.15 bits per heavy atom. The first kappa shape index (κ1) is 17.0. The Kier molecular flexibility index (Phi) is 4.17. The van der Waals surface area contributed by atoms with Crippen molar-refractivity contribution >= 4 is 12.2 Å². The lowest BCUT2D eigenvalue weighted by atomic mass is 9.87. The molecule has 0 heterocycles. The lowest BCUT2D eigenvalue weighted by Crippen LogP contribution is -2.07. The van der Waals surface area contributed by atoms with Crippen LogP contribution < -0.4 is 0 Å². The Bertz CT molecular complexity index is 898. The van der Waals surface area contributed by atoms with E-state index in [-0.39, 0.29) is 11.8 Å². The third-order valence-corrected chi connectivity index (χ3v) is 5.31. The molecule has 0 saturated heterocycles. The SMILES string of the molecule is Fc1c(F)c(F)c(/C=C2/C(=C/c3ccccc3)[C@@H]3CC[C@H]2C3)c(F)c1F. The van der Waals surface area contributed by atoms with Crippen LogP contribution >= 0.6 is 0 Å². The summed E-state index contributed by atoms with van der Waals surface area (Å²) in [7, 11) is 0. The number of hydrogen-bond donors (Lipinski definition) is 0. The Morgan fingerprint density at radius 3 is 1.73 bits per heavy atom. The highest BCUT2D eigenvalue weighted by atomic mass is 19.2. The predicted molar refractivity (Wildman–Crippen MR) is 89.5 cm³/mol. The molecule has 0 N–H and O–H groups in total. The maximum atomic E-state index is 14.1. The quantitative estimate of drug-likeness (QED) is 0.335. The van der Waals surface area contributed by atoms with Gasteiger partial charge < -0.3 is 0 Å². The first-order chi connectivity index (χ1) is 12.5. The normalized spacial score (nSPS) is 24.8. The average molecular weight is 362 g/mol. The van der Waals surface area contributed by atoms with Crippen LogP contribution in [0.15, 0.2) is 41.5 Å².